The smallest absolute Gasteiger partial charge is 0.216 e. The molecule has 2 aromatic heterocycles. The average Bonchev–Trinajstić information content (AvgIpc) is 3.42. The van der Waals surface area contributed by atoms with E-state index in [0.29, 0.717) is 12.6 Å². The van der Waals surface area contributed by atoms with Crippen LogP contribution in [0.3, 0.4) is 0 Å². The van der Waals surface area contributed by atoms with Crippen molar-refractivity contribution in [1.29, 1.82) is 0 Å². The molecule has 7 nitrogen and oxygen atoms in total. The maximum Gasteiger partial charge on any atom is 0.216 e. The first-order valence-corrected chi connectivity index (χ1v) is 10.3. The molecule has 0 amide bonds. The molecule has 1 aliphatic carbocycles. The highest BCUT2D eigenvalue weighted by Crippen LogP contribution is 2.37. The minimum Gasteiger partial charge on any atom is -0.468 e. The topological polar surface area (TPSA) is 61.8 Å². The molecule has 0 saturated heterocycles. The molecule has 1 N–H and O–H groups in total. The van der Waals surface area contributed by atoms with E-state index < -0.39 is 0 Å². The lowest BCUT2D eigenvalue weighted by atomic mass is 9.91. The van der Waals surface area contributed by atoms with E-state index in [1.807, 2.05) is 12.1 Å². The van der Waals surface area contributed by atoms with E-state index in [0.717, 1.165) is 49.2 Å². The van der Waals surface area contributed by atoms with Crippen LogP contribution in [0.4, 0.5) is 5.95 Å². The van der Waals surface area contributed by atoms with Crippen molar-refractivity contribution in [1.82, 2.24) is 19.8 Å². The summed E-state index contributed by atoms with van der Waals surface area (Å²) in [5.41, 5.74) is 2.21. The van der Waals surface area contributed by atoms with E-state index in [4.69, 9.17) is 14.4 Å². The van der Waals surface area contributed by atoms with Crippen molar-refractivity contribution in [3.05, 3.63) is 60.6 Å². The summed E-state index contributed by atoms with van der Waals surface area (Å²) in [6.07, 6.45) is 9.91. The van der Waals surface area contributed by atoms with E-state index in [1.54, 1.807) is 6.26 Å². The van der Waals surface area contributed by atoms with E-state index >= 15 is 0 Å². The Labute approximate surface area is 169 Å². The van der Waals surface area contributed by atoms with Crippen LogP contribution < -0.4 is 10.2 Å². The third kappa shape index (κ3) is 2.84. The molecule has 0 fully saturated rings. The van der Waals surface area contributed by atoms with Crippen molar-refractivity contribution in [3.8, 4) is 0 Å². The number of aromatic nitrogens is 2. The van der Waals surface area contributed by atoms with Gasteiger partial charge in [0.15, 0.2) is 0 Å². The molecule has 29 heavy (non-hydrogen) atoms. The zero-order valence-electron chi connectivity index (χ0n) is 16.2. The third-order valence-electron chi connectivity index (χ3n) is 6.11. The van der Waals surface area contributed by atoms with Crippen LogP contribution in [0.15, 0.2) is 64.2 Å². The van der Waals surface area contributed by atoms with Crippen molar-refractivity contribution in [3.63, 3.8) is 0 Å². The van der Waals surface area contributed by atoms with Gasteiger partial charge in [0.05, 0.1) is 37.2 Å². The standard InChI is InChI=1S/C22H24N6O/c1-2-7-16(8-3-1)20-25-21-23-14-26(13-17-9-6-12-29-17)15-27(21)22-24-18-10-4-5-11-19(18)28(20)22/h1-2,4-6,9-12,16,20H,3,7-8,13-15H2,(H,23,25)/t16-,20-/m0/s1. The Morgan fingerprint density at radius 3 is 2.97 bits per heavy atom. The second-order valence-corrected chi connectivity index (χ2v) is 8.01. The second kappa shape index (κ2) is 6.77. The average molecular weight is 388 g/mol. The Morgan fingerprint density at radius 1 is 1.14 bits per heavy atom. The van der Waals surface area contributed by atoms with Gasteiger partial charge in [0.2, 0.25) is 11.9 Å². The van der Waals surface area contributed by atoms with E-state index in [1.165, 1.54) is 11.9 Å². The number of guanidine groups is 1. The van der Waals surface area contributed by atoms with Crippen LogP contribution in [-0.2, 0) is 6.54 Å². The summed E-state index contributed by atoms with van der Waals surface area (Å²) in [4.78, 5) is 14.3. The van der Waals surface area contributed by atoms with Crippen LogP contribution in [-0.4, -0.2) is 33.7 Å². The molecule has 2 atom stereocenters. The number of imidazole rings is 1. The second-order valence-electron chi connectivity index (χ2n) is 8.01. The molecule has 7 heteroatoms. The van der Waals surface area contributed by atoms with Gasteiger partial charge < -0.3 is 9.73 Å². The lowest BCUT2D eigenvalue weighted by Crippen LogP contribution is -2.58. The SMILES string of the molecule is C1=CC[C@H]([C@H]2NC3=NCN(Cc4ccco4)CN3c3nc4ccccc4n32)CC1. The van der Waals surface area contributed by atoms with Gasteiger partial charge in [-0.1, -0.05) is 24.3 Å². The maximum absolute atomic E-state index is 5.53. The molecule has 0 bridgehead atoms. The fourth-order valence-electron chi connectivity index (χ4n) is 4.69. The Bertz CT molecular complexity index is 1080. The highest BCUT2D eigenvalue weighted by molar-refractivity contribution is 5.98. The number of para-hydroxylation sites is 2. The number of fused-ring (bicyclic) bond motifs is 5. The van der Waals surface area contributed by atoms with Crippen molar-refractivity contribution in [2.75, 3.05) is 18.2 Å². The Kier molecular flexibility index (Phi) is 3.94. The van der Waals surface area contributed by atoms with Gasteiger partial charge >= 0.3 is 0 Å². The quantitative estimate of drug-likeness (QED) is 0.694. The largest absolute Gasteiger partial charge is 0.468 e. The number of aliphatic imine (C=N–C) groups is 1. The number of furan rings is 1. The first kappa shape index (κ1) is 16.9. The number of nitrogens with zero attached hydrogens (tertiary/aromatic N) is 5. The lowest BCUT2D eigenvalue weighted by molar-refractivity contribution is 0.229. The van der Waals surface area contributed by atoms with Gasteiger partial charge in [-0.3, -0.25) is 14.4 Å². The molecule has 0 spiro atoms. The number of benzene rings is 1. The van der Waals surface area contributed by atoms with Crippen molar-refractivity contribution >= 4 is 22.9 Å². The first-order valence-electron chi connectivity index (χ1n) is 10.3. The number of allylic oxidation sites excluding steroid dienone is 2. The van der Waals surface area contributed by atoms with Crippen LogP contribution in [0.1, 0.15) is 31.2 Å². The summed E-state index contributed by atoms with van der Waals surface area (Å²) in [7, 11) is 0. The van der Waals surface area contributed by atoms with Crippen LogP contribution in [0.25, 0.3) is 11.0 Å². The summed E-state index contributed by atoms with van der Waals surface area (Å²) in [6.45, 7) is 2.11. The number of hydrogen-bond donors (Lipinski definition) is 1. The fraction of sp³-hybridized carbons (Fsp3) is 0.364. The maximum atomic E-state index is 5.53. The summed E-state index contributed by atoms with van der Waals surface area (Å²) >= 11 is 0. The number of anilines is 1. The Balaban J connectivity index is 1.40. The molecular formula is C22H24N6O. The van der Waals surface area contributed by atoms with Gasteiger partial charge in [-0.15, -0.1) is 0 Å². The van der Waals surface area contributed by atoms with Crippen molar-refractivity contribution < 1.29 is 4.42 Å². The van der Waals surface area contributed by atoms with Crippen LogP contribution in [0.5, 0.6) is 0 Å². The van der Waals surface area contributed by atoms with Gasteiger partial charge in [0.25, 0.3) is 0 Å². The minimum absolute atomic E-state index is 0.175. The van der Waals surface area contributed by atoms with Crippen LogP contribution >= 0.6 is 0 Å². The zero-order chi connectivity index (χ0) is 19.2. The molecule has 6 rings (SSSR count). The first-order chi connectivity index (χ1) is 14.4. The minimum atomic E-state index is 0.175. The van der Waals surface area contributed by atoms with Gasteiger partial charge in [0.1, 0.15) is 11.9 Å². The summed E-state index contributed by atoms with van der Waals surface area (Å²) in [5.74, 6) is 3.40. The summed E-state index contributed by atoms with van der Waals surface area (Å²) < 4.78 is 7.92. The normalized spacial score (nSPS) is 24.1. The van der Waals surface area contributed by atoms with Gasteiger partial charge in [-0.25, -0.2) is 9.98 Å². The summed E-state index contributed by atoms with van der Waals surface area (Å²) in [5, 5.41) is 3.75. The highest BCUT2D eigenvalue weighted by atomic mass is 16.3. The fourth-order valence-corrected chi connectivity index (χ4v) is 4.69. The lowest BCUT2D eigenvalue weighted by Gasteiger charge is -2.43. The summed E-state index contributed by atoms with van der Waals surface area (Å²) in [6, 6.07) is 12.4. The molecule has 2 aliphatic heterocycles. The number of hydrogen-bond acceptors (Lipinski definition) is 6. The number of rotatable bonds is 3. The predicted molar refractivity (Wildman–Crippen MR) is 112 cm³/mol. The van der Waals surface area contributed by atoms with E-state index in [2.05, 4.69) is 56.1 Å². The molecule has 0 saturated carbocycles. The Hall–Kier alpha value is -3.06. The molecule has 3 aromatic rings. The molecule has 3 aliphatic rings. The van der Waals surface area contributed by atoms with Gasteiger partial charge in [-0.05, 0) is 43.5 Å². The van der Waals surface area contributed by atoms with Crippen LogP contribution in [0.2, 0.25) is 0 Å². The van der Waals surface area contributed by atoms with E-state index in [-0.39, 0.29) is 6.17 Å². The molecule has 0 radical (unpaired) electrons. The van der Waals surface area contributed by atoms with Gasteiger partial charge in [-0.2, -0.15) is 0 Å². The monoisotopic (exact) mass is 388 g/mol. The molecule has 0 unspecified atom stereocenters. The number of nitrogens with one attached hydrogen (secondary N) is 1. The van der Waals surface area contributed by atoms with Crippen LogP contribution in [0, 0.1) is 5.92 Å². The molecule has 1 aromatic carbocycles. The highest BCUT2D eigenvalue weighted by Gasteiger charge is 2.38. The molecular weight excluding hydrogens is 364 g/mol. The predicted octanol–water partition coefficient (Wildman–Crippen LogP) is 3.68. The molecule has 4 heterocycles. The van der Waals surface area contributed by atoms with Crippen molar-refractivity contribution in [2.24, 2.45) is 10.9 Å². The third-order valence-corrected chi connectivity index (χ3v) is 6.11. The van der Waals surface area contributed by atoms with Crippen molar-refractivity contribution in [2.45, 2.75) is 32.0 Å². The van der Waals surface area contributed by atoms with E-state index in [9.17, 15) is 0 Å². The zero-order valence-corrected chi connectivity index (χ0v) is 16.2. The van der Waals surface area contributed by atoms with Gasteiger partial charge in [0, 0.05) is 5.92 Å². The molecule has 148 valence electrons. The Morgan fingerprint density at radius 2 is 2.10 bits per heavy atom.